The lowest BCUT2D eigenvalue weighted by molar-refractivity contribution is 0.591. The summed E-state index contributed by atoms with van der Waals surface area (Å²) in [6.07, 6.45) is 0. The molecular weight excluding hydrogens is 578 g/mol. The maximum atomic E-state index is 2.74. The van der Waals surface area contributed by atoms with Crippen LogP contribution in [0.5, 0.6) is 0 Å². The summed E-state index contributed by atoms with van der Waals surface area (Å²) < 4.78 is 0. The van der Waals surface area contributed by atoms with E-state index in [0.29, 0.717) is 0 Å². The Morgan fingerprint density at radius 3 is 1.85 bits per heavy atom. The van der Waals surface area contributed by atoms with Crippen molar-refractivity contribution in [2.75, 3.05) is 9.71 Å². The number of hydrogen-bond donors (Lipinski definition) is 0. The van der Waals surface area contributed by atoms with Crippen LogP contribution in [0.3, 0.4) is 0 Å². The second-order valence-electron chi connectivity index (χ2n) is 14.9. The quantitative estimate of drug-likeness (QED) is 0.176. The van der Waals surface area contributed by atoms with E-state index in [2.05, 4.69) is 170 Å². The van der Waals surface area contributed by atoms with Crippen molar-refractivity contribution in [3.8, 4) is 22.3 Å². The molecule has 0 saturated carbocycles. The molecule has 4 aliphatic heterocycles. The molecule has 0 fully saturated rings. The summed E-state index contributed by atoms with van der Waals surface area (Å²) in [5, 5.41) is 2.55. The van der Waals surface area contributed by atoms with Gasteiger partial charge in [-0.15, -0.1) is 0 Å². The van der Waals surface area contributed by atoms with E-state index < -0.39 is 0 Å². The number of hydrogen-bond acceptors (Lipinski definition) is 2. The predicted octanol–water partition coefficient (Wildman–Crippen LogP) is 7.65. The fraction of sp³-hybridized carbons (Fsp3) is 0.0909. The Balaban J connectivity index is 1.35. The molecule has 0 saturated heterocycles. The molecule has 0 aromatic heterocycles. The molecule has 0 unspecified atom stereocenters. The normalized spacial score (nSPS) is 14.4. The first-order valence-electron chi connectivity index (χ1n) is 17.2. The Kier molecular flexibility index (Phi) is 5.05. The zero-order valence-electron chi connectivity index (χ0n) is 27.3. The minimum atomic E-state index is -0.00622. The van der Waals surface area contributed by atoms with Gasteiger partial charge < -0.3 is 9.71 Å². The Bertz CT molecular complexity index is 2530. The van der Waals surface area contributed by atoms with Crippen LogP contribution in [0.4, 0.5) is 28.4 Å². The van der Waals surface area contributed by atoms with Crippen LogP contribution in [0.2, 0.25) is 0 Å². The smallest absolute Gasteiger partial charge is 0.329 e. The molecule has 0 atom stereocenters. The molecule has 2 nitrogen and oxygen atoms in total. The molecule has 0 bridgehead atoms. The van der Waals surface area contributed by atoms with Crippen LogP contribution in [0, 0.1) is 0 Å². The zero-order chi connectivity index (χ0) is 31.9. The molecule has 4 heteroatoms. The third-order valence-corrected chi connectivity index (χ3v) is 11.3. The van der Waals surface area contributed by atoms with E-state index in [0.717, 1.165) is 0 Å². The lowest BCUT2D eigenvalue weighted by Gasteiger charge is -2.52. The van der Waals surface area contributed by atoms with Crippen LogP contribution < -0.4 is 37.0 Å². The Morgan fingerprint density at radius 2 is 1.12 bits per heavy atom. The summed E-state index contributed by atoms with van der Waals surface area (Å²) in [6.45, 7) is 7.27. The van der Waals surface area contributed by atoms with Gasteiger partial charge >= 0.3 is 6.85 Å². The van der Waals surface area contributed by atoms with E-state index in [-0.39, 0.29) is 19.0 Å². The summed E-state index contributed by atoms with van der Waals surface area (Å²) >= 11 is 0. The second kappa shape index (κ2) is 9.11. The van der Waals surface area contributed by atoms with Crippen molar-refractivity contribution in [2.45, 2.75) is 26.2 Å². The van der Waals surface area contributed by atoms with Gasteiger partial charge in [-0.25, -0.2) is 0 Å². The molecule has 7 aromatic rings. The van der Waals surface area contributed by atoms with Crippen LogP contribution in [-0.4, -0.2) is 13.6 Å². The van der Waals surface area contributed by atoms with Crippen LogP contribution in [-0.2, 0) is 5.41 Å². The average molecular weight is 610 g/mol. The number of rotatable bonds is 1. The van der Waals surface area contributed by atoms with Gasteiger partial charge in [-0.1, -0.05) is 130 Å². The van der Waals surface area contributed by atoms with Gasteiger partial charge in [-0.05, 0) is 90.5 Å². The van der Waals surface area contributed by atoms with E-state index in [1.54, 1.807) is 0 Å². The largest absolute Gasteiger partial charge is 0.377 e. The fourth-order valence-electron chi connectivity index (χ4n) is 9.25. The Hall–Kier alpha value is -5.47. The number of fused-ring (bicyclic) bond motifs is 10. The highest BCUT2D eigenvalue weighted by Gasteiger charge is 2.52. The lowest BCUT2D eigenvalue weighted by Crippen LogP contribution is -2.69. The highest BCUT2D eigenvalue weighted by Crippen LogP contribution is 2.51. The van der Waals surface area contributed by atoms with Gasteiger partial charge in [0.25, 0.3) is 6.71 Å². The first-order chi connectivity index (χ1) is 23.5. The van der Waals surface area contributed by atoms with Gasteiger partial charge in [0.1, 0.15) is 0 Å². The highest BCUT2D eigenvalue weighted by atomic mass is 15.2. The third-order valence-electron chi connectivity index (χ3n) is 11.3. The average Bonchev–Trinajstić information content (AvgIpc) is 3.12. The minimum absolute atomic E-state index is 0.00622. The summed E-state index contributed by atoms with van der Waals surface area (Å²) in [5.41, 5.74) is 20.2. The molecule has 48 heavy (non-hydrogen) atoms. The number of benzene rings is 7. The standard InChI is InChI=1S/C44H32B2N2/c1-44(2,3)29-25-34-32-18-10-12-20-36(32)46-35-19-11-9-17-31(35)33-21-22-39-41-43(33)48(46)42(34)38(26-29)45(41)37-23-27-13-7-8-14-28(27)24-40(37)47(39)30-15-5-4-6-16-30/h4-26H,1-3H3. The van der Waals surface area contributed by atoms with E-state index in [4.69, 9.17) is 0 Å². The fourth-order valence-corrected chi connectivity index (χ4v) is 9.25. The van der Waals surface area contributed by atoms with Crippen LogP contribution in [0.25, 0.3) is 33.0 Å². The minimum Gasteiger partial charge on any atom is -0.377 e. The topological polar surface area (TPSA) is 6.48 Å². The Morgan fingerprint density at radius 1 is 0.479 bits per heavy atom. The van der Waals surface area contributed by atoms with Gasteiger partial charge in [0.05, 0.1) is 0 Å². The van der Waals surface area contributed by atoms with Crippen LogP contribution in [0.1, 0.15) is 26.3 Å². The van der Waals surface area contributed by atoms with Crippen molar-refractivity contribution in [3.05, 3.63) is 145 Å². The van der Waals surface area contributed by atoms with E-state index in [9.17, 15) is 0 Å². The molecule has 224 valence electrons. The van der Waals surface area contributed by atoms with E-state index >= 15 is 0 Å². The summed E-state index contributed by atoms with van der Waals surface area (Å²) in [4.78, 5) is 5.27. The van der Waals surface area contributed by atoms with Crippen molar-refractivity contribution in [2.24, 2.45) is 0 Å². The molecule has 4 aliphatic rings. The van der Waals surface area contributed by atoms with Crippen molar-refractivity contribution < 1.29 is 0 Å². The summed E-state index contributed by atoms with van der Waals surface area (Å²) in [5.74, 6) is 0. The summed E-state index contributed by atoms with van der Waals surface area (Å²) in [7, 11) is 0. The Labute approximate surface area is 282 Å². The van der Waals surface area contributed by atoms with Gasteiger partial charge in [-0.2, -0.15) is 0 Å². The first-order valence-corrected chi connectivity index (χ1v) is 17.2. The van der Waals surface area contributed by atoms with Gasteiger partial charge in [-0.3, -0.25) is 0 Å². The molecule has 11 rings (SSSR count). The number of para-hydroxylation sites is 1. The van der Waals surface area contributed by atoms with Gasteiger partial charge in [0.2, 0.25) is 0 Å². The molecule has 0 spiro atoms. The molecule has 4 heterocycles. The number of nitrogens with zero attached hydrogens (tertiary/aromatic N) is 2. The van der Waals surface area contributed by atoms with Gasteiger partial charge in [0, 0.05) is 39.6 Å². The van der Waals surface area contributed by atoms with Crippen molar-refractivity contribution in [3.63, 3.8) is 0 Å². The van der Waals surface area contributed by atoms with Crippen LogP contribution >= 0.6 is 0 Å². The SMILES string of the molecule is CC(C)(C)c1cc2c3c(c1)-c1ccccc1B1c4ccccc4-c4ccc5c(c4N13)B2c1cc2ccccc2cc1N5c1ccccc1. The van der Waals surface area contributed by atoms with E-state index in [1.807, 2.05) is 0 Å². The molecule has 0 amide bonds. The molecule has 7 aromatic carbocycles. The second-order valence-corrected chi connectivity index (χ2v) is 14.9. The summed E-state index contributed by atoms with van der Waals surface area (Å²) in [6, 6.07) is 52.9. The maximum absolute atomic E-state index is 2.74. The highest BCUT2D eigenvalue weighted by molar-refractivity contribution is 7.03. The van der Waals surface area contributed by atoms with Crippen molar-refractivity contribution >= 4 is 80.1 Å². The van der Waals surface area contributed by atoms with Crippen molar-refractivity contribution in [1.82, 2.24) is 0 Å². The van der Waals surface area contributed by atoms with Gasteiger partial charge in [0.15, 0.2) is 0 Å². The molecule has 0 aliphatic carbocycles. The number of anilines is 5. The monoisotopic (exact) mass is 610 g/mol. The third kappa shape index (κ3) is 3.30. The first kappa shape index (κ1) is 26.6. The maximum Gasteiger partial charge on any atom is 0.329 e. The van der Waals surface area contributed by atoms with E-state index in [1.165, 1.54) is 94.3 Å². The molecule has 0 N–H and O–H groups in total. The molecule has 0 radical (unpaired) electrons. The molecular formula is C44H32B2N2. The van der Waals surface area contributed by atoms with Crippen molar-refractivity contribution in [1.29, 1.82) is 0 Å². The van der Waals surface area contributed by atoms with Crippen LogP contribution in [0.15, 0.2) is 140 Å². The zero-order valence-corrected chi connectivity index (χ0v) is 27.3. The predicted molar refractivity (Wildman–Crippen MR) is 206 cm³/mol. The lowest BCUT2D eigenvalue weighted by atomic mass is 9.30.